The highest BCUT2D eigenvalue weighted by Gasteiger charge is 1.95. The van der Waals surface area contributed by atoms with Crippen molar-refractivity contribution in [2.24, 2.45) is 0 Å². The first-order valence-electron chi connectivity index (χ1n) is 5.47. The van der Waals surface area contributed by atoms with Crippen LogP contribution in [0.1, 0.15) is 6.92 Å². The van der Waals surface area contributed by atoms with Crippen molar-refractivity contribution in [2.45, 2.75) is 20.0 Å². The van der Waals surface area contributed by atoms with Gasteiger partial charge in [-0.2, -0.15) is 0 Å². The lowest BCUT2D eigenvalue weighted by Crippen LogP contribution is -2.24. The fourth-order valence-electron chi connectivity index (χ4n) is 0.655. The zero-order valence-corrected chi connectivity index (χ0v) is 11.6. The molecule has 0 bridgehead atoms. The van der Waals surface area contributed by atoms with Gasteiger partial charge in [0.1, 0.15) is 13.3 Å². The van der Waals surface area contributed by atoms with Crippen molar-refractivity contribution >= 4 is 8.80 Å². The quantitative estimate of drug-likeness (QED) is 0.148. The Morgan fingerprint density at radius 3 is 2.56 bits per heavy atom. The molecule has 0 aliphatic rings. The minimum absolute atomic E-state index is 0.366. The first kappa shape index (κ1) is 15.8. The van der Waals surface area contributed by atoms with Crippen LogP contribution in [0.5, 0.6) is 0 Å². The molecule has 0 aromatic carbocycles. The van der Waals surface area contributed by atoms with E-state index in [-0.39, 0.29) is 0 Å². The van der Waals surface area contributed by atoms with Crippen LogP contribution in [0.15, 0.2) is 12.2 Å². The van der Waals surface area contributed by atoms with Crippen LogP contribution in [-0.2, 0) is 19.6 Å². The van der Waals surface area contributed by atoms with Crippen molar-refractivity contribution in [1.82, 2.24) is 5.32 Å². The Balaban J connectivity index is 2.96. The van der Waals surface area contributed by atoms with Gasteiger partial charge in [-0.15, -0.1) is 0 Å². The molecule has 0 saturated heterocycles. The molecule has 0 saturated carbocycles. The predicted molar refractivity (Wildman–Crippen MR) is 65.5 cm³/mol. The molecule has 0 aliphatic heterocycles. The van der Waals surface area contributed by atoms with Gasteiger partial charge in [-0.05, 0) is 6.92 Å². The third-order valence-corrected chi connectivity index (χ3v) is 2.20. The van der Waals surface area contributed by atoms with Crippen molar-refractivity contribution in [1.29, 1.82) is 0 Å². The second-order valence-electron chi connectivity index (χ2n) is 3.98. The van der Waals surface area contributed by atoms with Crippen molar-refractivity contribution < 1.29 is 19.6 Å². The minimum atomic E-state index is -0.683. The van der Waals surface area contributed by atoms with E-state index in [0.29, 0.717) is 26.5 Å². The van der Waals surface area contributed by atoms with E-state index in [2.05, 4.69) is 25.0 Å². The van der Waals surface area contributed by atoms with E-state index in [4.69, 9.17) is 19.6 Å². The fraction of sp³-hybridized carbons (Fsp3) is 0.800. The average Bonchev–Trinajstić information content (AvgIpc) is 2.20. The van der Waals surface area contributed by atoms with Crippen LogP contribution in [0.4, 0.5) is 0 Å². The van der Waals surface area contributed by atoms with Crippen LogP contribution in [0.3, 0.4) is 0 Å². The molecule has 0 rings (SSSR count). The number of nitrogens with one attached hydrogen (secondary N) is 1. The van der Waals surface area contributed by atoms with Crippen molar-refractivity contribution in [3.63, 3.8) is 0 Å². The third kappa shape index (κ3) is 13.8. The predicted octanol–water partition coefficient (Wildman–Crippen LogP) is 1.03. The number of rotatable bonds is 11. The highest BCUT2D eigenvalue weighted by atomic mass is 28.3. The first-order valence-corrected chi connectivity index (χ1v) is 8.59. The Morgan fingerprint density at radius 2 is 1.94 bits per heavy atom. The van der Waals surface area contributed by atoms with E-state index in [0.717, 1.165) is 11.8 Å². The van der Waals surface area contributed by atoms with Crippen molar-refractivity contribution in [2.75, 3.05) is 32.7 Å². The van der Waals surface area contributed by atoms with Gasteiger partial charge in [0, 0.05) is 6.54 Å². The van der Waals surface area contributed by atoms with Gasteiger partial charge < -0.3 is 0 Å². The summed E-state index contributed by atoms with van der Waals surface area (Å²) in [7, 11) is -0.683. The lowest BCUT2D eigenvalue weighted by Gasteiger charge is -2.07. The Labute approximate surface area is 99.2 Å². The maximum absolute atomic E-state index is 4.97. The van der Waals surface area contributed by atoms with Crippen LogP contribution in [0.25, 0.3) is 0 Å². The van der Waals surface area contributed by atoms with Gasteiger partial charge in [-0.1, -0.05) is 25.2 Å². The summed E-state index contributed by atoms with van der Waals surface area (Å²) in [6.07, 6.45) is 0.736. The highest BCUT2D eigenvalue weighted by molar-refractivity contribution is 6.55. The molecule has 0 radical (unpaired) electrons. The molecule has 0 amide bonds. The molecule has 0 aromatic heterocycles. The molecule has 0 atom stereocenters. The maximum Gasteiger partial charge on any atom is 0.133 e. The van der Waals surface area contributed by atoms with Crippen molar-refractivity contribution in [3.8, 4) is 0 Å². The molecule has 0 aliphatic carbocycles. The molecule has 6 heteroatoms. The van der Waals surface area contributed by atoms with Crippen molar-refractivity contribution in [3.05, 3.63) is 12.2 Å². The summed E-state index contributed by atoms with van der Waals surface area (Å²) in [5, 5.41) is 2.99. The Hall–Kier alpha value is -0.243. The number of hydrogen-bond acceptors (Lipinski definition) is 5. The summed E-state index contributed by atoms with van der Waals surface area (Å²) >= 11 is 0. The standard InChI is InChI=1S/C10H23NO4Si/c1-10(2)7-13-12-6-5-11-8-14-15-9-16(3)4/h11,16H,1,5-9H2,2-4H3. The molecule has 0 unspecified atom stereocenters. The molecule has 0 fully saturated rings. The Bertz CT molecular complexity index is 178. The van der Waals surface area contributed by atoms with Gasteiger partial charge in [0.25, 0.3) is 0 Å². The zero-order valence-electron chi connectivity index (χ0n) is 10.5. The largest absolute Gasteiger partial charge is 0.290 e. The molecule has 1 N–H and O–H groups in total. The molecular weight excluding hydrogens is 226 g/mol. The zero-order chi connectivity index (χ0) is 12.2. The van der Waals surface area contributed by atoms with Gasteiger partial charge in [-0.25, -0.2) is 19.6 Å². The van der Waals surface area contributed by atoms with E-state index >= 15 is 0 Å². The van der Waals surface area contributed by atoms with E-state index in [9.17, 15) is 0 Å². The fourth-order valence-corrected chi connectivity index (χ4v) is 1.02. The van der Waals surface area contributed by atoms with E-state index < -0.39 is 8.80 Å². The van der Waals surface area contributed by atoms with Gasteiger partial charge in [0.05, 0.1) is 21.6 Å². The monoisotopic (exact) mass is 249 g/mol. The summed E-state index contributed by atoms with van der Waals surface area (Å²) in [6, 6.07) is 0. The average molecular weight is 249 g/mol. The molecular formula is C10H23NO4Si. The summed E-state index contributed by atoms with van der Waals surface area (Å²) in [4.78, 5) is 19.6. The van der Waals surface area contributed by atoms with E-state index in [1.165, 1.54) is 0 Å². The van der Waals surface area contributed by atoms with E-state index in [1.54, 1.807) is 0 Å². The third-order valence-electron chi connectivity index (χ3n) is 1.40. The van der Waals surface area contributed by atoms with Crippen LogP contribution in [0.2, 0.25) is 13.1 Å². The normalized spacial score (nSPS) is 11.0. The van der Waals surface area contributed by atoms with Gasteiger partial charge >= 0.3 is 0 Å². The molecule has 16 heavy (non-hydrogen) atoms. The van der Waals surface area contributed by atoms with Crippen LogP contribution < -0.4 is 5.32 Å². The summed E-state index contributed by atoms with van der Waals surface area (Å²) in [5.41, 5.74) is 0.933. The van der Waals surface area contributed by atoms with Gasteiger partial charge in [-0.3, -0.25) is 5.32 Å². The molecule has 0 aromatic rings. The Morgan fingerprint density at radius 1 is 1.19 bits per heavy atom. The maximum atomic E-state index is 4.97. The second-order valence-corrected chi connectivity index (χ2v) is 7.10. The van der Waals surface area contributed by atoms with Crippen LogP contribution in [0, 0.1) is 0 Å². The van der Waals surface area contributed by atoms with Crippen LogP contribution in [-0.4, -0.2) is 41.5 Å². The topological polar surface area (TPSA) is 49.0 Å². The first-order chi connectivity index (χ1) is 7.63. The minimum Gasteiger partial charge on any atom is -0.290 e. The van der Waals surface area contributed by atoms with Crippen LogP contribution >= 0.6 is 0 Å². The lowest BCUT2D eigenvalue weighted by molar-refractivity contribution is -0.295. The molecule has 96 valence electrons. The highest BCUT2D eigenvalue weighted by Crippen LogP contribution is 1.88. The summed E-state index contributed by atoms with van der Waals surface area (Å²) in [6.45, 7) is 11.9. The smallest absolute Gasteiger partial charge is 0.133 e. The number of hydrogen-bond donors (Lipinski definition) is 1. The van der Waals surface area contributed by atoms with Gasteiger partial charge in [0.15, 0.2) is 0 Å². The van der Waals surface area contributed by atoms with E-state index in [1.807, 2.05) is 6.92 Å². The summed E-state index contributed by atoms with van der Waals surface area (Å²) < 4.78 is 0. The molecule has 0 spiro atoms. The van der Waals surface area contributed by atoms with Gasteiger partial charge in [0.2, 0.25) is 0 Å². The SMILES string of the molecule is C=C(C)COOCCNCOOC[SiH](C)C. The second kappa shape index (κ2) is 11.2. The lowest BCUT2D eigenvalue weighted by atomic mass is 10.4. The Kier molecular flexibility index (Phi) is 11.1. The molecule has 0 heterocycles. The molecule has 5 nitrogen and oxygen atoms in total. The summed E-state index contributed by atoms with van der Waals surface area (Å²) in [5.74, 6) is 0.